The molecule has 1 heterocycles. The molecule has 3 nitrogen and oxygen atoms in total. The van der Waals surface area contributed by atoms with Crippen molar-refractivity contribution in [1.29, 1.82) is 0 Å². The van der Waals surface area contributed by atoms with E-state index in [1.807, 2.05) is 11.9 Å². The monoisotopic (exact) mass is 288 g/mol. The van der Waals surface area contributed by atoms with Crippen LogP contribution in [0.1, 0.15) is 48.8 Å². The molecule has 0 saturated carbocycles. The normalized spacial score (nSPS) is 17.5. The van der Waals surface area contributed by atoms with Gasteiger partial charge < -0.3 is 10.2 Å². The molecule has 0 radical (unpaired) electrons. The van der Waals surface area contributed by atoms with Crippen molar-refractivity contribution in [2.75, 3.05) is 20.1 Å². The predicted molar refractivity (Wildman–Crippen MR) is 87.6 cm³/mol. The average molecular weight is 288 g/mol. The maximum absolute atomic E-state index is 12.9. The second kappa shape index (κ2) is 7.08. The van der Waals surface area contributed by atoms with Gasteiger partial charge in [-0.1, -0.05) is 36.2 Å². The number of nitrogens with zero attached hydrogens (tertiary/aromatic N) is 1. The first-order chi connectivity index (χ1) is 10.0. The highest BCUT2D eigenvalue weighted by Gasteiger charge is 2.28. The molecular formula is C18H28N2O. The van der Waals surface area contributed by atoms with Crippen molar-refractivity contribution in [3.63, 3.8) is 0 Å². The maximum atomic E-state index is 12.9. The summed E-state index contributed by atoms with van der Waals surface area (Å²) >= 11 is 0. The number of hydrogen-bond donors (Lipinski definition) is 1. The van der Waals surface area contributed by atoms with Gasteiger partial charge in [-0.05, 0) is 51.8 Å². The van der Waals surface area contributed by atoms with Crippen LogP contribution in [0.15, 0.2) is 18.2 Å². The Morgan fingerprint density at radius 3 is 2.33 bits per heavy atom. The Balaban J connectivity index is 2.17. The smallest absolute Gasteiger partial charge is 0.230 e. The Morgan fingerprint density at radius 2 is 1.81 bits per heavy atom. The van der Waals surface area contributed by atoms with Crippen molar-refractivity contribution < 1.29 is 4.79 Å². The summed E-state index contributed by atoms with van der Waals surface area (Å²) in [7, 11) is 1.98. The predicted octanol–water partition coefficient (Wildman–Crippen LogP) is 3.01. The van der Waals surface area contributed by atoms with E-state index in [9.17, 15) is 4.79 Å². The van der Waals surface area contributed by atoms with Gasteiger partial charge in [-0.2, -0.15) is 0 Å². The van der Waals surface area contributed by atoms with Crippen molar-refractivity contribution in [1.82, 2.24) is 10.2 Å². The third kappa shape index (κ3) is 3.85. The number of rotatable bonds is 4. The Labute approximate surface area is 128 Å². The van der Waals surface area contributed by atoms with Crippen LogP contribution in [-0.2, 0) is 4.79 Å². The summed E-state index contributed by atoms with van der Waals surface area (Å²) in [5.41, 5.74) is 3.64. The Bertz CT molecular complexity index is 472. The van der Waals surface area contributed by atoms with E-state index in [4.69, 9.17) is 0 Å². The number of benzene rings is 1. The third-order valence-corrected chi connectivity index (χ3v) is 4.56. The molecule has 0 aliphatic carbocycles. The molecule has 3 heteroatoms. The first kappa shape index (κ1) is 16.0. The zero-order chi connectivity index (χ0) is 15.4. The van der Waals surface area contributed by atoms with Crippen molar-refractivity contribution in [2.45, 2.75) is 52.0 Å². The number of nitrogens with one attached hydrogen (secondary N) is 1. The molecule has 1 aliphatic rings. The summed E-state index contributed by atoms with van der Waals surface area (Å²) in [4.78, 5) is 14.9. The Hall–Kier alpha value is -1.35. The number of carbonyl (C=O) groups is 1. The van der Waals surface area contributed by atoms with Gasteiger partial charge in [0, 0.05) is 13.1 Å². The molecular weight excluding hydrogens is 260 g/mol. The number of likely N-dealkylation sites (N-methyl/N-ethyl adjacent to an activating group) is 1. The summed E-state index contributed by atoms with van der Waals surface area (Å²) in [5, 5.41) is 3.36. The molecule has 1 amide bonds. The highest BCUT2D eigenvalue weighted by atomic mass is 16.2. The van der Waals surface area contributed by atoms with Crippen LogP contribution in [0.2, 0.25) is 0 Å². The fraction of sp³-hybridized carbons (Fsp3) is 0.611. The second-order valence-corrected chi connectivity index (χ2v) is 6.31. The number of hydrogen-bond acceptors (Lipinski definition) is 2. The second-order valence-electron chi connectivity index (χ2n) is 6.31. The number of piperidine rings is 1. The topological polar surface area (TPSA) is 32.3 Å². The summed E-state index contributed by atoms with van der Waals surface area (Å²) in [6.07, 6.45) is 2.98. The SMILES string of the molecule is CC[C@@H](C(=O)N(C)C1CCNCC1)c1cc(C)cc(C)c1. The van der Waals surface area contributed by atoms with E-state index in [1.165, 1.54) is 16.7 Å². The van der Waals surface area contributed by atoms with E-state index >= 15 is 0 Å². The molecule has 1 aromatic carbocycles. The molecule has 0 aromatic heterocycles. The molecule has 0 unspecified atom stereocenters. The minimum Gasteiger partial charge on any atom is -0.342 e. The van der Waals surface area contributed by atoms with Crippen LogP contribution in [0.3, 0.4) is 0 Å². The lowest BCUT2D eigenvalue weighted by Gasteiger charge is -2.34. The molecule has 1 aromatic rings. The number of amides is 1. The molecule has 0 spiro atoms. The molecule has 2 rings (SSSR count). The summed E-state index contributed by atoms with van der Waals surface area (Å²) in [6.45, 7) is 8.34. The van der Waals surface area contributed by atoms with Crippen LogP contribution < -0.4 is 5.32 Å². The number of aryl methyl sites for hydroxylation is 2. The zero-order valence-electron chi connectivity index (χ0n) is 13.8. The van der Waals surface area contributed by atoms with Crippen LogP contribution in [0, 0.1) is 13.8 Å². The first-order valence-corrected chi connectivity index (χ1v) is 8.08. The van der Waals surface area contributed by atoms with Gasteiger partial charge in [-0.25, -0.2) is 0 Å². The third-order valence-electron chi connectivity index (χ3n) is 4.56. The lowest BCUT2D eigenvalue weighted by molar-refractivity contribution is -0.134. The van der Waals surface area contributed by atoms with E-state index in [2.05, 4.69) is 44.3 Å². The average Bonchev–Trinajstić information content (AvgIpc) is 2.47. The van der Waals surface area contributed by atoms with Crippen LogP contribution in [0.25, 0.3) is 0 Å². The van der Waals surface area contributed by atoms with Gasteiger partial charge >= 0.3 is 0 Å². The van der Waals surface area contributed by atoms with E-state index in [-0.39, 0.29) is 11.8 Å². The minimum absolute atomic E-state index is 0.0107. The van der Waals surface area contributed by atoms with Gasteiger partial charge in [0.15, 0.2) is 0 Å². The Kier molecular flexibility index (Phi) is 5.40. The fourth-order valence-corrected chi connectivity index (χ4v) is 3.38. The van der Waals surface area contributed by atoms with Crippen molar-refractivity contribution in [2.24, 2.45) is 0 Å². The van der Waals surface area contributed by atoms with Gasteiger partial charge in [0.05, 0.1) is 5.92 Å². The van der Waals surface area contributed by atoms with Crippen molar-refractivity contribution >= 4 is 5.91 Å². The van der Waals surface area contributed by atoms with Gasteiger partial charge in [-0.15, -0.1) is 0 Å². The molecule has 1 atom stereocenters. The van der Waals surface area contributed by atoms with Crippen LogP contribution >= 0.6 is 0 Å². The molecule has 1 N–H and O–H groups in total. The quantitative estimate of drug-likeness (QED) is 0.923. The van der Waals surface area contributed by atoms with Gasteiger partial charge in [0.1, 0.15) is 0 Å². The molecule has 0 bridgehead atoms. The highest BCUT2D eigenvalue weighted by molar-refractivity contribution is 5.84. The van der Waals surface area contributed by atoms with E-state index in [1.54, 1.807) is 0 Å². The standard InChI is InChI=1S/C18H28N2O/c1-5-17(15-11-13(2)10-14(3)12-15)18(21)20(4)16-6-8-19-9-7-16/h10-12,16-17,19H,5-9H2,1-4H3/t17-/m1/s1. The van der Waals surface area contributed by atoms with Crippen molar-refractivity contribution in [3.05, 3.63) is 34.9 Å². The van der Waals surface area contributed by atoms with Crippen LogP contribution in [-0.4, -0.2) is 37.0 Å². The maximum Gasteiger partial charge on any atom is 0.230 e. The van der Waals surface area contributed by atoms with Crippen LogP contribution in [0.4, 0.5) is 0 Å². The van der Waals surface area contributed by atoms with E-state index in [0.717, 1.165) is 32.4 Å². The molecule has 21 heavy (non-hydrogen) atoms. The molecule has 1 aliphatic heterocycles. The van der Waals surface area contributed by atoms with Gasteiger partial charge in [0.2, 0.25) is 5.91 Å². The first-order valence-electron chi connectivity index (χ1n) is 8.08. The van der Waals surface area contributed by atoms with E-state index < -0.39 is 0 Å². The number of carbonyl (C=O) groups excluding carboxylic acids is 1. The van der Waals surface area contributed by atoms with E-state index in [0.29, 0.717) is 6.04 Å². The highest BCUT2D eigenvalue weighted by Crippen LogP contribution is 2.26. The van der Waals surface area contributed by atoms with Crippen LogP contribution in [0.5, 0.6) is 0 Å². The van der Waals surface area contributed by atoms with Crippen molar-refractivity contribution in [3.8, 4) is 0 Å². The lowest BCUT2D eigenvalue weighted by Crippen LogP contribution is -2.45. The van der Waals surface area contributed by atoms with Gasteiger partial charge in [0.25, 0.3) is 0 Å². The molecule has 1 fully saturated rings. The summed E-state index contributed by atoms with van der Waals surface area (Å²) in [5.74, 6) is 0.262. The largest absolute Gasteiger partial charge is 0.342 e. The lowest BCUT2D eigenvalue weighted by atomic mass is 9.91. The fourth-order valence-electron chi connectivity index (χ4n) is 3.38. The van der Waals surface area contributed by atoms with Gasteiger partial charge in [-0.3, -0.25) is 4.79 Å². The molecule has 1 saturated heterocycles. The summed E-state index contributed by atoms with van der Waals surface area (Å²) in [6, 6.07) is 6.88. The summed E-state index contributed by atoms with van der Waals surface area (Å²) < 4.78 is 0. The molecule has 116 valence electrons. The minimum atomic E-state index is -0.0107. The zero-order valence-corrected chi connectivity index (χ0v) is 13.8. The Morgan fingerprint density at radius 1 is 1.24 bits per heavy atom.